The Morgan fingerprint density at radius 3 is 2.42 bits per heavy atom. The third kappa shape index (κ3) is 2.32. The molecule has 1 saturated carbocycles. The van der Waals surface area contributed by atoms with Gasteiger partial charge in [-0.25, -0.2) is 0 Å². The summed E-state index contributed by atoms with van der Waals surface area (Å²) >= 11 is 0. The molecule has 0 aliphatic heterocycles. The van der Waals surface area contributed by atoms with Crippen molar-refractivity contribution < 1.29 is 9.59 Å². The third-order valence-electron chi connectivity index (χ3n) is 2.14. The predicted molar refractivity (Wildman–Crippen MR) is 45.7 cm³/mol. The van der Waals surface area contributed by atoms with Crippen molar-refractivity contribution in [1.29, 1.82) is 0 Å². The standard InChI is InChI=1S/C9H15NO2/c1-3-8(11)9(12)10(2)6-7-4-5-7/h7H,3-6H2,1-2H3. The smallest absolute Gasteiger partial charge is 0.289 e. The summed E-state index contributed by atoms with van der Waals surface area (Å²) in [6.07, 6.45) is 2.73. The first-order valence-corrected chi connectivity index (χ1v) is 4.43. The van der Waals surface area contributed by atoms with Crippen molar-refractivity contribution in [3.8, 4) is 0 Å². The molecule has 1 rings (SSSR count). The molecule has 0 atom stereocenters. The van der Waals surface area contributed by atoms with Gasteiger partial charge in [-0.3, -0.25) is 9.59 Å². The van der Waals surface area contributed by atoms with Gasteiger partial charge in [0.2, 0.25) is 5.78 Å². The Balaban J connectivity index is 2.33. The maximum atomic E-state index is 11.2. The number of likely N-dealkylation sites (N-methyl/N-ethyl adjacent to an activating group) is 1. The number of rotatable bonds is 4. The van der Waals surface area contributed by atoms with Crippen molar-refractivity contribution >= 4 is 11.7 Å². The van der Waals surface area contributed by atoms with E-state index < -0.39 is 0 Å². The fraction of sp³-hybridized carbons (Fsp3) is 0.778. The minimum Gasteiger partial charge on any atom is -0.339 e. The summed E-state index contributed by atoms with van der Waals surface area (Å²) in [5.74, 6) is 0.0474. The van der Waals surface area contributed by atoms with Gasteiger partial charge < -0.3 is 4.90 Å². The van der Waals surface area contributed by atoms with E-state index in [1.807, 2.05) is 0 Å². The van der Waals surface area contributed by atoms with Gasteiger partial charge in [-0.1, -0.05) is 6.92 Å². The molecule has 68 valence electrons. The highest BCUT2D eigenvalue weighted by molar-refractivity contribution is 6.35. The number of nitrogens with zero attached hydrogens (tertiary/aromatic N) is 1. The molecule has 0 aromatic rings. The summed E-state index contributed by atoms with van der Waals surface area (Å²) < 4.78 is 0. The Kier molecular flexibility index (Phi) is 2.84. The molecule has 0 saturated heterocycles. The molecule has 1 fully saturated rings. The van der Waals surface area contributed by atoms with E-state index in [9.17, 15) is 9.59 Å². The van der Waals surface area contributed by atoms with E-state index in [1.54, 1.807) is 18.9 Å². The summed E-state index contributed by atoms with van der Waals surface area (Å²) in [5, 5.41) is 0. The molecule has 12 heavy (non-hydrogen) atoms. The highest BCUT2D eigenvalue weighted by Gasteiger charge is 2.26. The van der Waals surface area contributed by atoms with Crippen LogP contribution in [0.1, 0.15) is 26.2 Å². The van der Waals surface area contributed by atoms with Crippen molar-refractivity contribution in [1.82, 2.24) is 4.90 Å². The summed E-state index contributed by atoms with van der Waals surface area (Å²) in [6, 6.07) is 0. The largest absolute Gasteiger partial charge is 0.339 e. The molecule has 3 heteroatoms. The van der Waals surface area contributed by atoms with Gasteiger partial charge in [0.05, 0.1) is 0 Å². The van der Waals surface area contributed by atoms with E-state index in [4.69, 9.17) is 0 Å². The monoisotopic (exact) mass is 169 g/mol. The van der Waals surface area contributed by atoms with Crippen LogP contribution in [0.15, 0.2) is 0 Å². The number of carbonyl (C=O) groups is 2. The fourth-order valence-electron chi connectivity index (χ4n) is 1.13. The molecule has 1 amide bonds. The van der Waals surface area contributed by atoms with Crippen LogP contribution in [0, 0.1) is 5.92 Å². The highest BCUT2D eigenvalue weighted by atomic mass is 16.2. The second-order valence-electron chi connectivity index (χ2n) is 3.41. The SMILES string of the molecule is CCC(=O)C(=O)N(C)CC1CC1. The topological polar surface area (TPSA) is 37.4 Å². The zero-order valence-electron chi connectivity index (χ0n) is 7.67. The maximum absolute atomic E-state index is 11.2. The quantitative estimate of drug-likeness (QED) is 0.585. The van der Waals surface area contributed by atoms with Crippen molar-refractivity contribution in [2.45, 2.75) is 26.2 Å². The lowest BCUT2D eigenvalue weighted by Gasteiger charge is -2.14. The van der Waals surface area contributed by atoms with Gasteiger partial charge in [0.15, 0.2) is 0 Å². The lowest BCUT2D eigenvalue weighted by Crippen LogP contribution is -2.34. The van der Waals surface area contributed by atoms with Gasteiger partial charge >= 0.3 is 0 Å². The average Bonchev–Trinajstić information content (AvgIpc) is 2.85. The van der Waals surface area contributed by atoms with E-state index in [2.05, 4.69) is 0 Å². The molecule has 0 aromatic carbocycles. The summed E-state index contributed by atoms with van der Waals surface area (Å²) in [6.45, 7) is 2.47. The van der Waals surface area contributed by atoms with E-state index in [1.165, 1.54) is 12.8 Å². The summed E-state index contributed by atoms with van der Waals surface area (Å²) in [5.41, 5.74) is 0. The third-order valence-corrected chi connectivity index (χ3v) is 2.14. The van der Waals surface area contributed by atoms with E-state index >= 15 is 0 Å². The molecule has 1 aliphatic carbocycles. The maximum Gasteiger partial charge on any atom is 0.289 e. The van der Waals surface area contributed by atoms with Gasteiger partial charge in [0.1, 0.15) is 0 Å². The fourth-order valence-corrected chi connectivity index (χ4v) is 1.13. The van der Waals surface area contributed by atoms with Crippen LogP contribution in [0.4, 0.5) is 0 Å². The van der Waals surface area contributed by atoms with Crippen LogP contribution in [0.2, 0.25) is 0 Å². The van der Waals surface area contributed by atoms with E-state index in [0.29, 0.717) is 12.3 Å². The van der Waals surface area contributed by atoms with Crippen molar-refractivity contribution in [3.05, 3.63) is 0 Å². The van der Waals surface area contributed by atoms with Crippen LogP contribution < -0.4 is 0 Å². The lowest BCUT2D eigenvalue weighted by atomic mass is 10.2. The molecule has 0 aromatic heterocycles. The molecule has 0 N–H and O–H groups in total. The van der Waals surface area contributed by atoms with Gasteiger partial charge in [-0.05, 0) is 18.8 Å². The second kappa shape index (κ2) is 3.70. The summed E-state index contributed by atoms with van der Waals surface area (Å²) in [7, 11) is 1.70. The number of carbonyl (C=O) groups excluding carboxylic acids is 2. The van der Waals surface area contributed by atoms with Crippen molar-refractivity contribution in [2.24, 2.45) is 5.92 Å². The molecular formula is C9H15NO2. The van der Waals surface area contributed by atoms with Crippen LogP contribution in [-0.2, 0) is 9.59 Å². The zero-order chi connectivity index (χ0) is 9.14. The first-order chi connectivity index (χ1) is 5.65. The number of hydrogen-bond donors (Lipinski definition) is 0. The Bertz CT molecular complexity index is 197. The molecule has 0 heterocycles. The van der Waals surface area contributed by atoms with Crippen LogP contribution in [-0.4, -0.2) is 30.2 Å². The molecule has 3 nitrogen and oxygen atoms in total. The Hall–Kier alpha value is -0.860. The van der Waals surface area contributed by atoms with Crippen LogP contribution in [0.3, 0.4) is 0 Å². The van der Waals surface area contributed by atoms with Crippen LogP contribution in [0.25, 0.3) is 0 Å². The Labute approximate surface area is 72.7 Å². The Morgan fingerprint density at radius 1 is 1.42 bits per heavy atom. The zero-order valence-corrected chi connectivity index (χ0v) is 7.67. The first kappa shape index (κ1) is 9.23. The predicted octanol–water partition coefficient (Wildman–Crippen LogP) is 0.834. The average molecular weight is 169 g/mol. The van der Waals surface area contributed by atoms with E-state index in [-0.39, 0.29) is 11.7 Å². The highest BCUT2D eigenvalue weighted by Crippen LogP contribution is 2.29. The van der Waals surface area contributed by atoms with E-state index in [0.717, 1.165) is 6.54 Å². The van der Waals surface area contributed by atoms with Gasteiger partial charge in [0, 0.05) is 20.0 Å². The minimum atomic E-state index is -0.329. The number of Topliss-reactive ketones (excluding diaryl/α,β-unsaturated/α-hetero) is 1. The lowest BCUT2D eigenvalue weighted by molar-refractivity contribution is -0.143. The Morgan fingerprint density at radius 2 is 2.00 bits per heavy atom. The number of ketones is 1. The van der Waals surface area contributed by atoms with Gasteiger partial charge in [-0.15, -0.1) is 0 Å². The van der Waals surface area contributed by atoms with Gasteiger partial charge in [0.25, 0.3) is 5.91 Å². The van der Waals surface area contributed by atoms with Crippen molar-refractivity contribution in [3.63, 3.8) is 0 Å². The second-order valence-corrected chi connectivity index (χ2v) is 3.41. The molecule has 0 radical (unpaired) electrons. The molecule has 0 unspecified atom stereocenters. The summed E-state index contributed by atoms with van der Waals surface area (Å²) in [4.78, 5) is 23.7. The van der Waals surface area contributed by atoms with Crippen LogP contribution >= 0.6 is 0 Å². The van der Waals surface area contributed by atoms with Crippen LogP contribution in [0.5, 0.6) is 0 Å². The normalized spacial score (nSPS) is 15.8. The first-order valence-electron chi connectivity index (χ1n) is 4.43. The molecule has 0 bridgehead atoms. The van der Waals surface area contributed by atoms with Gasteiger partial charge in [-0.2, -0.15) is 0 Å². The molecule has 1 aliphatic rings. The number of hydrogen-bond acceptors (Lipinski definition) is 2. The number of amides is 1. The minimum absolute atomic E-state index is 0.279. The molecular weight excluding hydrogens is 154 g/mol. The van der Waals surface area contributed by atoms with Crippen molar-refractivity contribution in [2.75, 3.05) is 13.6 Å². The molecule has 0 spiro atoms.